The van der Waals surface area contributed by atoms with E-state index in [-0.39, 0.29) is 56.6 Å². The zero-order valence-corrected chi connectivity index (χ0v) is 29.0. The maximum Gasteiger partial charge on any atom is 0.407 e. The van der Waals surface area contributed by atoms with Gasteiger partial charge in [0.1, 0.15) is 11.9 Å². The summed E-state index contributed by atoms with van der Waals surface area (Å²) in [5, 5.41) is 6.64. The number of Topliss-reactive ketones (excluding diaryl/α,β-unsaturated/α-hetero) is 1. The molecule has 15 heteroatoms. The second kappa shape index (κ2) is 14.5. The van der Waals surface area contributed by atoms with Gasteiger partial charge in [0.2, 0.25) is 20.0 Å². The molecule has 258 valence electrons. The second-order valence-corrected chi connectivity index (χ2v) is 17.2. The summed E-state index contributed by atoms with van der Waals surface area (Å²) >= 11 is 6.19. The Morgan fingerprint density at radius 3 is 2.53 bits per heavy atom. The number of piperazine rings is 1. The molecule has 2 aromatic carbocycles. The standard InChI is InChI=1S/C32H42ClFN4O7S2/c1-45-31(40)36-30(32(23-8-10-24(33)11-9-23)14-16-37(17-15-32)46(2,41)42)29(39)19-22-5-3-7-28(34)27(22)13-12-26-20-35-25-6-4-18-47(43,44)38(26)21-25/h3,5,7-11,25-26,30,35H,4,6,12-21H2,1-2H3,(H,36,40)/t25-,26+,30-/m1/s1. The molecule has 5 rings (SSSR count). The lowest BCUT2D eigenvalue weighted by molar-refractivity contribution is -0.122. The van der Waals surface area contributed by atoms with Gasteiger partial charge in [0, 0.05) is 55.1 Å². The molecule has 11 nitrogen and oxygen atoms in total. The number of carbonyl (C=O) groups excluding carboxylic acids is 2. The van der Waals surface area contributed by atoms with Gasteiger partial charge in [-0.25, -0.2) is 30.3 Å². The lowest BCUT2D eigenvalue weighted by Gasteiger charge is -2.46. The van der Waals surface area contributed by atoms with E-state index in [0.29, 0.717) is 47.6 Å². The maximum absolute atomic E-state index is 15.5. The Morgan fingerprint density at radius 2 is 1.87 bits per heavy atom. The maximum atomic E-state index is 15.5. The predicted octanol–water partition coefficient (Wildman–Crippen LogP) is 3.01. The number of carbonyl (C=O) groups is 2. The van der Waals surface area contributed by atoms with E-state index >= 15 is 4.39 Å². The summed E-state index contributed by atoms with van der Waals surface area (Å²) in [6.45, 7) is 1.09. The number of sulfonamides is 2. The molecule has 1 amide bonds. The third kappa shape index (κ3) is 8.00. The van der Waals surface area contributed by atoms with E-state index in [1.807, 2.05) is 0 Å². The average molecular weight is 713 g/mol. The highest BCUT2D eigenvalue weighted by Gasteiger charge is 2.48. The summed E-state index contributed by atoms with van der Waals surface area (Å²) in [4.78, 5) is 27.1. The highest BCUT2D eigenvalue weighted by atomic mass is 35.5. The molecule has 4 atom stereocenters. The predicted molar refractivity (Wildman–Crippen MR) is 177 cm³/mol. The number of nitrogens with one attached hydrogen (secondary N) is 2. The van der Waals surface area contributed by atoms with Crippen LogP contribution in [0.15, 0.2) is 42.5 Å². The van der Waals surface area contributed by atoms with Crippen LogP contribution in [0.1, 0.15) is 48.8 Å². The van der Waals surface area contributed by atoms with Crippen LogP contribution in [0, 0.1) is 5.82 Å². The van der Waals surface area contributed by atoms with Crippen LogP contribution in [0.5, 0.6) is 0 Å². The fraction of sp³-hybridized carbons (Fsp3) is 0.562. The van der Waals surface area contributed by atoms with E-state index in [1.54, 1.807) is 34.6 Å². The van der Waals surface area contributed by atoms with Gasteiger partial charge in [0.05, 0.1) is 19.1 Å². The first-order chi connectivity index (χ1) is 22.2. The first-order valence-electron chi connectivity index (χ1n) is 15.8. The number of benzene rings is 2. The van der Waals surface area contributed by atoms with Crippen LogP contribution in [-0.2, 0) is 47.8 Å². The summed E-state index contributed by atoms with van der Waals surface area (Å²) in [5.74, 6) is -0.808. The summed E-state index contributed by atoms with van der Waals surface area (Å²) in [5.41, 5.74) is 0.438. The molecular weight excluding hydrogens is 671 g/mol. The van der Waals surface area contributed by atoms with Crippen LogP contribution < -0.4 is 10.6 Å². The Morgan fingerprint density at radius 1 is 1.17 bits per heavy atom. The number of ketones is 1. The van der Waals surface area contributed by atoms with Gasteiger partial charge in [0.15, 0.2) is 5.78 Å². The molecule has 2 aromatic rings. The van der Waals surface area contributed by atoms with E-state index in [9.17, 15) is 26.4 Å². The summed E-state index contributed by atoms with van der Waals surface area (Å²) in [7, 11) is -5.74. The third-order valence-corrected chi connectivity index (χ3v) is 13.4. The molecule has 0 saturated carbocycles. The Kier molecular flexibility index (Phi) is 11.0. The zero-order valence-electron chi connectivity index (χ0n) is 26.6. The number of piperidine rings is 1. The zero-order chi connectivity index (χ0) is 34.0. The van der Waals surface area contributed by atoms with Crippen molar-refractivity contribution in [3.63, 3.8) is 0 Å². The topological polar surface area (TPSA) is 142 Å². The van der Waals surface area contributed by atoms with Crippen LogP contribution in [-0.4, -0.2) is 101 Å². The number of amides is 1. The number of methoxy groups -OCH3 is 1. The van der Waals surface area contributed by atoms with Crippen molar-refractivity contribution in [3.8, 4) is 0 Å². The van der Waals surface area contributed by atoms with E-state index in [0.717, 1.165) is 12.7 Å². The number of halogens is 2. The second-order valence-electron chi connectivity index (χ2n) is 12.7. The molecule has 47 heavy (non-hydrogen) atoms. The van der Waals surface area contributed by atoms with Crippen molar-refractivity contribution in [1.82, 2.24) is 19.2 Å². The molecular formula is C32H42ClFN4O7S2. The highest BCUT2D eigenvalue weighted by molar-refractivity contribution is 7.89. The van der Waals surface area contributed by atoms with Gasteiger partial charge in [-0.1, -0.05) is 35.9 Å². The van der Waals surface area contributed by atoms with Gasteiger partial charge in [-0.05, 0) is 73.4 Å². The first-order valence-corrected chi connectivity index (χ1v) is 19.6. The number of hydrogen-bond acceptors (Lipinski definition) is 8. The largest absolute Gasteiger partial charge is 0.453 e. The molecule has 0 spiro atoms. The molecule has 3 heterocycles. The van der Waals surface area contributed by atoms with E-state index in [4.69, 9.17) is 16.3 Å². The molecule has 3 fully saturated rings. The SMILES string of the molecule is COC(=O)N[C@H](C(=O)Cc1cccc(F)c1CC[C@H]1CN[C@@H]2CCCS(=O)(=O)N1C2)C1(c2ccc(Cl)cc2)CCN(S(C)(=O)=O)CC1. The lowest BCUT2D eigenvalue weighted by atomic mass is 9.66. The van der Waals surface area contributed by atoms with E-state index in [2.05, 4.69) is 10.6 Å². The molecule has 2 N–H and O–H groups in total. The minimum absolute atomic E-state index is 0.0903. The van der Waals surface area contributed by atoms with Crippen molar-refractivity contribution in [2.75, 3.05) is 45.3 Å². The van der Waals surface area contributed by atoms with Crippen molar-refractivity contribution >= 4 is 43.5 Å². The minimum atomic E-state index is -3.50. The normalized spacial score (nSPS) is 24.9. The third-order valence-electron chi connectivity index (χ3n) is 9.89. The smallest absolute Gasteiger partial charge is 0.407 e. The van der Waals surface area contributed by atoms with Gasteiger partial charge < -0.3 is 15.4 Å². The number of fused-ring (bicyclic) bond motifs is 2. The van der Waals surface area contributed by atoms with Crippen LogP contribution in [0.4, 0.5) is 9.18 Å². The van der Waals surface area contributed by atoms with Crippen LogP contribution in [0.25, 0.3) is 0 Å². The summed E-state index contributed by atoms with van der Waals surface area (Å²) < 4.78 is 74.0. The van der Waals surface area contributed by atoms with Crippen molar-refractivity contribution < 1.29 is 35.6 Å². The molecule has 3 saturated heterocycles. The van der Waals surface area contributed by atoms with Crippen molar-refractivity contribution in [2.24, 2.45) is 0 Å². The fourth-order valence-electron chi connectivity index (χ4n) is 7.34. The van der Waals surface area contributed by atoms with E-state index in [1.165, 1.54) is 23.5 Å². The van der Waals surface area contributed by atoms with Gasteiger partial charge in [-0.3, -0.25) is 4.79 Å². The van der Waals surface area contributed by atoms with Crippen molar-refractivity contribution in [1.29, 1.82) is 0 Å². The van der Waals surface area contributed by atoms with Crippen LogP contribution >= 0.6 is 11.6 Å². The number of ether oxygens (including phenoxy) is 1. The number of nitrogens with zero attached hydrogens (tertiary/aromatic N) is 2. The number of alkyl carbamates (subject to hydrolysis) is 1. The molecule has 0 radical (unpaired) electrons. The molecule has 3 aliphatic rings. The molecule has 3 aliphatic heterocycles. The molecule has 0 aliphatic carbocycles. The molecule has 0 aromatic heterocycles. The minimum Gasteiger partial charge on any atom is -0.453 e. The summed E-state index contributed by atoms with van der Waals surface area (Å²) in [6, 6.07) is 10.0. The van der Waals surface area contributed by atoms with Crippen molar-refractivity contribution in [3.05, 3.63) is 70.0 Å². The monoisotopic (exact) mass is 712 g/mol. The quantitative estimate of drug-likeness (QED) is 0.383. The average Bonchev–Trinajstić information content (AvgIpc) is 3.14. The number of hydrogen-bond donors (Lipinski definition) is 2. The lowest BCUT2D eigenvalue weighted by Crippen LogP contribution is -2.59. The fourth-order valence-corrected chi connectivity index (χ4v) is 10.1. The van der Waals surface area contributed by atoms with Gasteiger partial charge >= 0.3 is 6.09 Å². The van der Waals surface area contributed by atoms with Gasteiger partial charge in [0.25, 0.3) is 0 Å². The molecule has 2 bridgehead atoms. The Hall–Kier alpha value is -2.62. The van der Waals surface area contributed by atoms with Gasteiger partial charge in [-0.15, -0.1) is 0 Å². The van der Waals surface area contributed by atoms with Crippen LogP contribution in [0.2, 0.25) is 5.02 Å². The summed E-state index contributed by atoms with van der Waals surface area (Å²) in [6.07, 6.45) is 2.46. The van der Waals surface area contributed by atoms with Crippen molar-refractivity contribution in [2.45, 2.75) is 68.5 Å². The van der Waals surface area contributed by atoms with Crippen LogP contribution in [0.3, 0.4) is 0 Å². The highest BCUT2D eigenvalue weighted by Crippen LogP contribution is 2.41. The van der Waals surface area contributed by atoms with E-state index < -0.39 is 49.2 Å². The Bertz CT molecular complexity index is 1680. The first kappa shape index (κ1) is 35.7. The Labute approximate surface area is 281 Å². The Balaban J connectivity index is 1.44. The number of rotatable bonds is 10. The van der Waals surface area contributed by atoms with Gasteiger partial charge in [-0.2, -0.15) is 4.31 Å². The molecule has 1 unspecified atom stereocenters.